The summed E-state index contributed by atoms with van der Waals surface area (Å²) in [6.07, 6.45) is 8.21. The molecule has 0 saturated carbocycles. The van der Waals surface area contributed by atoms with Crippen molar-refractivity contribution in [3.63, 3.8) is 0 Å². The maximum absolute atomic E-state index is 13.0. The zero-order valence-corrected chi connectivity index (χ0v) is 23.4. The van der Waals surface area contributed by atoms with Crippen molar-refractivity contribution in [2.75, 3.05) is 51.8 Å². The maximum atomic E-state index is 13.0. The predicted octanol–water partition coefficient (Wildman–Crippen LogP) is 4.83. The average Bonchev–Trinajstić information content (AvgIpc) is 3.63. The number of likely N-dealkylation sites (N-methyl/N-ethyl adjacent to an activating group) is 1. The van der Waals surface area contributed by atoms with Gasteiger partial charge in [-0.15, -0.1) is 0 Å². The SMILES string of the molecule is CC(C)c1noc(N2CCC(COc3ccc(C4=CCC(C(=O)N5CC[C@H](N(C)C)C5)CC4)cc3)CC2)n1. The monoisotopic (exact) mass is 521 g/mol. The lowest BCUT2D eigenvalue weighted by Gasteiger charge is -2.30. The van der Waals surface area contributed by atoms with E-state index in [1.165, 1.54) is 11.1 Å². The molecule has 3 heterocycles. The van der Waals surface area contributed by atoms with Crippen LogP contribution < -0.4 is 9.64 Å². The topological polar surface area (TPSA) is 74.9 Å². The summed E-state index contributed by atoms with van der Waals surface area (Å²) in [5.41, 5.74) is 2.59. The van der Waals surface area contributed by atoms with Crippen molar-refractivity contribution < 1.29 is 14.1 Å². The third-order valence-electron chi connectivity index (χ3n) is 8.51. The number of amides is 1. The number of anilines is 1. The van der Waals surface area contributed by atoms with E-state index in [4.69, 9.17) is 9.26 Å². The Bertz CT molecular complexity index is 1100. The molecule has 206 valence electrons. The van der Waals surface area contributed by atoms with Crippen molar-refractivity contribution in [2.45, 2.75) is 64.3 Å². The molecular formula is C30H43N5O3. The minimum atomic E-state index is 0.130. The summed E-state index contributed by atoms with van der Waals surface area (Å²) in [6, 6.07) is 9.63. The van der Waals surface area contributed by atoms with Gasteiger partial charge >= 0.3 is 6.01 Å². The molecule has 2 aliphatic heterocycles. The molecule has 38 heavy (non-hydrogen) atoms. The third-order valence-corrected chi connectivity index (χ3v) is 8.51. The van der Waals surface area contributed by atoms with Crippen LogP contribution in [-0.4, -0.2) is 78.8 Å². The maximum Gasteiger partial charge on any atom is 0.324 e. The molecule has 2 aromatic rings. The van der Waals surface area contributed by atoms with E-state index in [0.717, 1.165) is 82.9 Å². The largest absolute Gasteiger partial charge is 0.493 e. The lowest BCUT2D eigenvalue weighted by Crippen LogP contribution is -2.38. The van der Waals surface area contributed by atoms with E-state index in [0.29, 0.717) is 23.9 Å². The van der Waals surface area contributed by atoms with E-state index in [-0.39, 0.29) is 11.8 Å². The number of nitrogens with zero attached hydrogens (tertiary/aromatic N) is 5. The summed E-state index contributed by atoms with van der Waals surface area (Å²) < 4.78 is 11.6. The minimum Gasteiger partial charge on any atom is -0.493 e. The van der Waals surface area contributed by atoms with Crippen LogP contribution in [-0.2, 0) is 4.79 Å². The number of hydrogen-bond donors (Lipinski definition) is 0. The lowest BCUT2D eigenvalue weighted by molar-refractivity contribution is -0.134. The number of aromatic nitrogens is 2. The molecule has 0 N–H and O–H groups in total. The van der Waals surface area contributed by atoms with Gasteiger partial charge in [0.25, 0.3) is 0 Å². The molecule has 2 fully saturated rings. The standard InChI is InChI=1S/C30H43N5O3/c1-21(2)28-31-30(38-32-28)34-16-13-22(14-17-34)20-37-27-11-9-24(10-12-27)23-5-7-25(8-6-23)29(36)35-18-15-26(19-35)33(3)4/h5,9-12,21-22,25-26H,6-8,13-20H2,1-4H3/t25?,26-/m0/s1. The molecule has 5 rings (SSSR count). The number of rotatable bonds is 8. The van der Waals surface area contributed by atoms with E-state index in [1.54, 1.807) is 0 Å². The van der Waals surface area contributed by atoms with Gasteiger partial charge < -0.3 is 24.0 Å². The highest BCUT2D eigenvalue weighted by Gasteiger charge is 2.32. The zero-order valence-electron chi connectivity index (χ0n) is 23.4. The molecule has 1 unspecified atom stereocenters. The molecule has 1 aliphatic carbocycles. The van der Waals surface area contributed by atoms with Gasteiger partial charge in [-0.2, -0.15) is 4.98 Å². The lowest BCUT2D eigenvalue weighted by atomic mass is 9.86. The van der Waals surface area contributed by atoms with E-state index in [1.807, 2.05) is 0 Å². The molecule has 1 aromatic heterocycles. The number of benzene rings is 1. The summed E-state index contributed by atoms with van der Waals surface area (Å²) in [5.74, 6) is 2.96. The summed E-state index contributed by atoms with van der Waals surface area (Å²) in [5, 5.41) is 4.09. The van der Waals surface area contributed by atoms with Gasteiger partial charge in [0.1, 0.15) is 5.75 Å². The number of carbonyl (C=O) groups excluding carboxylic acids is 1. The molecule has 1 aromatic carbocycles. The van der Waals surface area contributed by atoms with Crippen molar-refractivity contribution in [2.24, 2.45) is 11.8 Å². The number of piperidine rings is 1. The summed E-state index contributed by atoms with van der Waals surface area (Å²) in [7, 11) is 4.21. The Morgan fingerprint density at radius 3 is 2.47 bits per heavy atom. The Morgan fingerprint density at radius 2 is 1.87 bits per heavy atom. The molecule has 8 nitrogen and oxygen atoms in total. The minimum absolute atomic E-state index is 0.130. The van der Waals surface area contributed by atoms with Gasteiger partial charge in [0.05, 0.1) is 6.61 Å². The van der Waals surface area contributed by atoms with Crippen LogP contribution in [0.15, 0.2) is 34.9 Å². The Morgan fingerprint density at radius 1 is 1.11 bits per heavy atom. The smallest absolute Gasteiger partial charge is 0.324 e. The highest BCUT2D eigenvalue weighted by Crippen LogP contribution is 2.33. The third kappa shape index (κ3) is 6.22. The molecule has 0 radical (unpaired) electrons. The van der Waals surface area contributed by atoms with E-state index < -0.39 is 0 Å². The Labute approximate surface area is 227 Å². The summed E-state index contributed by atoms with van der Waals surface area (Å²) in [4.78, 5) is 24.1. The first-order valence-electron chi connectivity index (χ1n) is 14.3. The van der Waals surface area contributed by atoms with E-state index in [2.05, 4.69) is 83.1 Å². The molecule has 2 saturated heterocycles. The molecular weight excluding hydrogens is 478 g/mol. The average molecular weight is 522 g/mol. The van der Waals surface area contributed by atoms with Gasteiger partial charge in [0, 0.05) is 44.1 Å². The second-order valence-corrected chi connectivity index (χ2v) is 11.7. The fraction of sp³-hybridized carbons (Fsp3) is 0.633. The first kappa shape index (κ1) is 26.7. The van der Waals surface area contributed by atoms with Crippen molar-refractivity contribution in [1.82, 2.24) is 19.9 Å². The van der Waals surface area contributed by atoms with Crippen LogP contribution in [0.25, 0.3) is 5.57 Å². The fourth-order valence-corrected chi connectivity index (χ4v) is 5.80. The number of carbonyl (C=O) groups is 1. The predicted molar refractivity (Wildman–Crippen MR) is 149 cm³/mol. The Hall–Kier alpha value is -2.87. The molecule has 0 spiro atoms. The number of ether oxygens (including phenoxy) is 1. The summed E-state index contributed by atoms with van der Waals surface area (Å²) in [6.45, 7) is 8.48. The second-order valence-electron chi connectivity index (χ2n) is 11.7. The van der Waals surface area contributed by atoms with Crippen LogP contribution in [0.3, 0.4) is 0 Å². The van der Waals surface area contributed by atoms with Gasteiger partial charge in [-0.1, -0.05) is 37.2 Å². The van der Waals surface area contributed by atoms with Crippen molar-refractivity contribution in [1.29, 1.82) is 0 Å². The van der Waals surface area contributed by atoms with Crippen LogP contribution >= 0.6 is 0 Å². The first-order valence-corrected chi connectivity index (χ1v) is 14.3. The normalized spacial score (nSPS) is 22.8. The van der Waals surface area contributed by atoms with Crippen molar-refractivity contribution >= 4 is 17.5 Å². The highest BCUT2D eigenvalue weighted by molar-refractivity contribution is 5.81. The Kier molecular flexibility index (Phi) is 8.36. The summed E-state index contributed by atoms with van der Waals surface area (Å²) >= 11 is 0. The quantitative estimate of drug-likeness (QED) is 0.492. The van der Waals surface area contributed by atoms with Crippen LogP contribution in [0.2, 0.25) is 0 Å². The van der Waals surface area contributed by atoms with Crippen molar-refractivity contribution in [3.8, 4) is 5.75 Å². The van der Waals surface area contributed by atoms with E-state index in [9.17, 15) is 4.79 Å². The number of allylic oxidation sites excluding steroid dienone is 2. The fourth-order valence-electron chi connectivity index (χ4n) is 5.80. The highest BCUT2D eigenvalue weighted by atomic mass is 16.5. The van der Waals surface area contributed by atoms with E-state index >= 15 is 0 Å². The number of likely N-dealkylation sites (tertiary alicyclic amines) is 1. The van der Waals surface area contributed by atoms with Gasteiger partial charge in [-0.3, -0.25) is 4.79 Å². The molecule has 1 amide bonds. The van der Waals surface area contributed by atoms with Crippen LogP contribution in [0.5, 0.6) is 5.75 Å². The van der Waals surface area contributed by atoms with Crippen LogP contribution in [0, 0.1) is 11.8 Å². The van der Waals surface area contributed by atoms with Crippen LogP contribution in [0.1, 0.15) is 69.7 Å². The van der Waals surface area contributed by atoms with Gasteiger partial charge in [0.15, 0.2) is 5.82 Å². The number of hydrogen-bond acceptors (Lipinski definition) is 7. The van der Waals surface area contributed by atoms with Gasteiger partial charge in [-0.25, -0.2) is 0 Å². The molecule has 3 aliphatic rings. The molecule has 0 bridgehead atoms. The van der Waals surface area contributed by atoms with Gasteiger partial charge in [0.2, 0.25) is 5.91 Å². The second kappa shape index (κ2) is 11.9. The zero-order chi connectivity index (χ0) is 26.6. The first-order chi connectivity index (χ1) is 18.4. The Balaban J connectivity index is 1.06. The molecule has 8 heteroatoms. The van der Waals surface area contributed by atoms with Crippen LogP contribution in [0.4, 0.5) is 6.01 Å². The van der Waals surface area contributed by atoms with Crippen molar-refractivity contribution in [3.05, 3.63) is 41.7 Å². The van der Waals surface area contributed by atoms with Gasteiger partial charge in [-0.05, 0) is 81.8 Å². The molecule has 2 atom stereocenters.